The lowest BCUT2D eigenvalue weighted by atomic mass is 9.85. The van der Waals surface area contributed by atoms with E-state index in [1.54, 1.807) is 6.92 Å². The summed E-state index contributed by atoms with van der Waals surface area (Å²) in [6, 6.07) is 0. The van der Waals surface area contributed by atoms with Gasteiger partial charge in [-0.3, -0.25) is 4.79 Å². The number of epoxide rings is 1. The van der Waals surface area contributed by atoms with Crippen molar-refractivity contribution in [3.63, 3.8) is 0 Å². The lowest BCUT2D eigenvalue weighted by Gasteiger charge is -2.21. The van der Waals surface area contributed by atoms with Crippen molar-refractivity contribution in [3.8, 4) is 0 Å². The number of hydrogen-bond donors (Lipinski definition) is 2. The van der Waals surface area contributed by atoms with E-state index in [4.69, 9.17) is 14.6 Å². The van der Waals surface area contributed by atoms with Gasteiger partial charge >= 0.3 is 5.97 Å². The zero-order valence-electron chi connectivity index (χ0n) is 24.7. The predicted octanol–water partition coefficient (Wildman–Crippen LogP) is 7.92. The van der Waals surface area contributed by atoms with E-state index in [9.17, 15) is 9.90 Å². The summed E-state index contributed by atoms with van der Waals surface area (Å²) in [5, 5.41) is 19.6. The molecule has 1 saturated heterocycles. The van der Waals surface area contributed by atoms with Crippen LogP contribution in [-0.2, 0) is 14.3 Å². The Morgan fingerprint density at radius 2 is 1.64 bits per heavy atom. The Hall–Kier alpha value is -1.33. The molecule has 0 amide bonds. The lowest BCUT2D eigenvalue weighted by molar-refractivity contribution is -0.141. The number of ether oxygens (including phenoxy) is 2. The van der Waals surface area contributed by atoms with Crippen LogP contribution in [0.25, 0.3) is 0 Å². The van der Waals surface area contributed by atoms with Gasteiger partial charge in [-0.1, -0.05) is 46.3 Å². The van der Waals surface area contributed by atoms with E-state index in [1.807, 2.05) is 13.0 Å². The number of aliphatic hydroxyl groups is 1. The number of hydrogen-bond acceptors (Lipinski definition) is 4. The Morgan fingerprint density at radius 3 is 2.22 bits per heavy atom. The number of carboxylic acids is 1. The minimum absolute atomic E-state index is 0.119. The number of rotatable bonds is 19. The van der Waals surface area contributed by atoms with Crippen molar-refractivity contribution in [2.24, 2.45) is 23.7 Å². The van der Waals surface area contributed by atoms with Gasteiger partial charge in [-0.15, -0.1) is 0 Å². The summed E-state index contributed by atoms with van der Waals surface area (Å²) in [6.07, 6.45) is 12.7. The molecule has 6 atom stereocenters. The fraction of sp³-hybridized carbons (Fsp3) is 0.839. The average molecular weight is 509 g/mol. The van der Waals surface area contributed by atoms with Crippen LogP contribution in [0.3, 0.4) is 0 Å². The van der Waals surface area contributed by atoms with Gasteiger partial charge in [0.2, 0.25) is 0 Å². The first kappa shape index (κ1) is 32.7. The van der Waals surface area contributed by atoms with Gasteiger partial charge in [0.05, 0.1) is 35.6 Å². The molecule has 5 nitrogen and oxygen atoms in total. The van der Waals surface area contributed by atoms with Gasteiger partial charge < -0.3 is 19.7 Å². The summed E-state index contributed by atoms with van der Waals surface area (Å²) < 4.78 is 11.9. The van der Waals surface area contributed by atoms with Gasteiger partial charge in [-0.2, -0.15) is 0 Å². The maximum atomic E-state index is 11.1. The van der Waals surface area contributed by atoms with Crippen LogP contribution in [0.1, 0.15) is 120 Å². The number of carbonyl (C=O) groups is 1. The van der Waals surface area contributed by atoms with Crippen molar-refractivity contribution < 1.29 is 24.5 Å². The summed E-state index contributed by atoms with van der Waals surface area (Å²) in [5.41, 5.74) is 1.14. The monoisotopic (exact) mass is 508 g/mol. The first-order chi connectivity index (χ1) is 16.7. The molecule has 1 aliphatic heterocycles. The van der Waals surface area contributed by atoms with Crippen molar-refractivity contribution in [2.45, 2.75) is 137 Å². The highest BCUT2D eigenvalue weighted by molar-refractivity contribution is 5.69. The van der Waals surface area contributed by atoms with Gasteiger partial charge in [0.1, 0.15) is 0 Å². The smallest absolute Gasteiger partial charge is 0.306 e. The molecule has 1 rings (SSSR count). The quantitative estimate of drug-likeness (QED) is 0.105. The third kappa shape index (κ3) is 11.0. The van der Waals surface area contributed by atoms with Gasteiger partial charge in [0, 0.05) is 6.42 Å². The zero-order valence-corrected chi connectivity index (χ0v) is 24.7. The molecule has 0 radical (unpaired) electrons. The van der Waals surface area contributed by atoms with Crippen molar-refractivity contribution in [3.05, 3.63) is 23.5 Å². The zero-order chi connectivity index (χ0) is 27.5. The van der Waals surface area contributed by atoms with Crippen LogP contribution in [0.5, 0.6) is 0 Å². The molecule has 0 aromatic carbocycles. The molecule has 0 aromatic rings. The van der Waals surface area contributed by atoms with E-state index in [-0.39, 0.29) is 23.0 Å². The highest BCUT2D eigenvalue weighted by Crippen LogP contribution is 2.54. The first-order valence-corrected chi connectivity index (χ1v) is 14.3. The van der Waals surface area contributed by atoms with Crippen LogP contribution >= 0.6 is 0 Å². The normalized spacial score (nSPS) is 26.0. The van der Waals surface area contributed by atoms with Crippen LogP contribution in [0.4, 0.5) is 0 Å². The Bertz CT molecular complexity index is 726. The predicted molar refractivity (Wildman–Crippen MR) is 149 cm³/mol. The molecule has 0 aliphatic carbocycles. The Kier molecular flexibility index (Phi) is 13.8. The molecule has 6 unspecified atom stereocenters. The molecule has 210 valence electrons. The second-order valence-electron chi connectivity index (χ2n) is 12.1. The van der Waals surface area contributed by atoms with Crippen LogP contribution in [-0.4, -0.2) is 40.1 Å². The Balaban J connectivity index is 2.35. The summed E-state index contributed by atoms with van der Waals surface area (Å²) in [4.78, 5) is 11.1. The highest BCUT2D eigenvalue weighted by atomic mass is 16.6. The van der Waals surface area contributed by atoms with Gasteiger partial charge in [0.15, 0.2) is 0 Å². The third-order valence-corrected chi connectivity index (χ3v) is 8.54. The summed E-state index contributed by atoms with van der Waals surface area (Å²) in [5.74, 6) is 1.14. The van der Waals surface area contributed by atoms with Gasteiger partial charge in [-0.25, -0.2) is 0 Å². The van der Waals surface area contributed by atoms with E-state index in [0.29, 0.717) is 24.9 Å². The van der Waals surface area contributed by atoms with E-state index < -0.39 is 12.1 Å². The fourth-order valence-corrected chi connectivity index (χ4v) is 4.80. The van der Waals surface area contributed by atoms with Crippen LogP contribution in [0.2, 0.25) is 0 Å². The third-order valence-electron chi connectivity index (χ3n) is 8.54. The van der Waals surface area contributed by atoms with Crippen molar-refractivity contribution in [1.82, 2.24) is 0 Å². The minimum Gasteiger partial charge on any atom is -0.498 e. The largest absolute Gasteiger partial charge is 0.498 e. The standard InChI is InChI=1S/C31H56O5/c1-10-35-27(21-28(32)26(7)22(2)3)17-16-24(5)14-11-13-23(4)15-12-19-30(8)31(9,36-30)20-18-25(6)29(33)34/h13,21-22,24-26,28,32H,10-12,14-20H2,1-9H3,(H,33,34)/b23-13+,27-21-. The molecule has 0 bridgehead atoms. The lowest BCUT2D eigenvalue weighted by Crippen LogP contribution is -2.22. The molecule has 36 heavy (non-hydrogen) atoms. The molecule has 5 heteroatoms. The number of aliphatic hydroxyl groups excluding tert-OH is 1. The summed E-state index contributed by atoms with van der Waals surface area (Å²) >= 11 is 0. The molecular weight excluding hydrogens is 452 g/mol. The topological polar surface area (TPSA) is 79.3 Å². The van der Waals surface area contributed by atoms with E-state index >= 15 is 0 Å². The SMILES string of the molecule is CCO/C(=C\C(O)C(C)C(C)C)CCC(C)CC/C=C(\C)CCCC1(C)OC1(C)CCC(C)C(=O)O. The number of carboxylic acid groups (broad SMARTS) is 1. The van der Waals surface area contributed by atoms with Gasteiger partial charge in [-0.05, 0) is 103 Å². The Morgan fingerprint density at radius 1 is 1.00 bits per heavy atom. The van der Waals surface area contributed by atoms with Crippen LogP contribution in [0.15, 0.2) is 23.5 Å². The second-order valence-corrected chi connectivity index (χ2v) is 12.1. The highest BCUT2D eigenvalue weighted by Gasteiger charge is 2.62. The molecule has 2 N–H and O–H groups in total. The second kappa shape index (κ2) is 15.2. The van der Waals surface area contributed by atoms with Crippen LogP contribution < -0.4 is 0 Å². The molecular formula is C31H56O5. The molecule has 1 heterocycles. The van der Waals surface area contributed by atoms with Crippen molar-refractivity contribution >= 4 is 5.97 Å². The first-order valence-electron chi connectivity index (χ1n) is 14.3. The fourth-order valence-electron chi connectivity index (χ4n) is 4.80. The molecule has 1 fully saturated rings. The van der Waals surface area contributed by atoms with Crippen molar-refractivity contribution in [2.75, 3.05) is 6.61 Å². The molecule has 0 spiro atoms. The minimum atomic E-state index is -0.725. The summed E-state index contributed by atoms with van der Waals surface area (Å²) in [6.45, 7) is 19.6. The van der Waals surface area contributed by atoms with E-state index in [2.05, 4.69) is 54.5 Å². The number of aliphatic carboxylic acids is 1. The Labute approximate surface area is 221 Å². The molecule has 1 aliphatic rings. The summed E-state index contributed by atoms with van der Waals surface area (Å²) in [7, 11) is 0. The maximum absolute atomic E-state index is 11.1. The van der Waals surface area contributed by atoms with Crippen LogP contribution in [0, 0.1) is 23.7 Å². The molecule has 0 saturated carbocycles. The van der Waals surface area contributed by atoms with E-state index in [0.717, 1.165) is 57.1 Å². The van der Waals surface area contributed by atoms with Crippen molar-refractivity contribution in [1.29, 1.82) is 0 Å². The van der Waals surface area contributed by atoms with Gasteiger partial charge in [0.25, 0.3) is 0 Å². The number of allylic oxidation sites excluding steroid dienone is 3. The maximum Gasteiger partial charge on any atom is 0.306 e. The average Bonchev–Trinajstić information content (AvgIpc) is 3.35. The molecule has 0 aromatic heterocycles. The van der Waals surface area contributed by atoms with E-state index in [1.165, 1.54) is 5.57 Å².